The number of benzene rings is 1. The van der Waals surface area contributed by atoms with Crippen molar-refractivity contribution in [1.29, 1.82) is 0 Å². The van der Waals surface area contributed by atoms with E-state index < -0.39 is 26.0 Å². The first kappa shape index (κ1) is 19.1. The van der Waals surface area contributed by atoms with Crippen LogP contribution in [0.1, 0.15) is 19.3 Å². The first-order chi connectivity index (χ1) is 12.2. The van der Waals surface area contributed by atoms with E-state index in [1.165, 1.54) is 19.2 Å². The van der Waals surface area contributed by atoms with Crippen LogP contribution in [-0.2, 0) is 29.6 Å². The van der Waals surface area contributed by atoms with E-state index in [4.69, 9.17) is 9.47 Å². The molecule has 2 heterocycles. The number of nitrogens with one attached hydrogen (secondary N) is 1. The molecule has 2 aliphatic heterocycles. The summed E-state index contributed by atoms with van der Waals surface area (Å²) < 4.78 is 63.1. The van der Waals surface area contributed by atoms with Crippen LogP contribution < -0.4 is 13.8 Å². The zero-order valence-corrected chi connectivity index (χ0v) is 15.8. The van der Waals surface area contributed by atoms with Gasteiger partial charge in [-0.1, -0.05) is 0 Å². The summed E-state index contributed by atoms with van der Waals surface area (Å²) in [6.07, 6.45) is 1.31. The normalized spacial score (nSPS) is 22.7. The van der Waals surface area contributed by atoms with Gasteiger partial charge in [0.25, 0.3) is 0 Å². The summed E-state index contributed by atoms with van der Waals surface area (Å²) in [6, 6.07) is 3.81. The molecular formula is C15H20N2O7S2. The van der Waals surface area contributed by atoms with Crippen LogP contribution in [-0.4, -0.2) is 54.9 Å². The summed E-state index contributed by atoms with van der Waals surface area (Å²) in [5.41, 5.74) is -0.0224. The third-order valence-corrected chi connectivity index (χ3v) is 7.41. The number of sulfonamides is 2. The molecule has 1 N–H and O–H groups in total. The highest BCUT2D eigenvalue weighted by atomic mass is 32.2. The largest absolute Gasteiger partial charge is 0.495 e. The number of anilines is 1. The van der Waals surface area contributed by atoms with Gasteiger partial charge in [0.2, 0.25) is 26.0 Å². The lowest BCUT2D eigenvalue weighted by Gasteiger charge is -2.18. The van der Waals surface area contributed by atoms with Crippen LogP contribution in [0, 0.1) is 0 Å². The number of rotatable bonds is 6. The molecule has 0 radical (unpaired) electrons. The van der Waals surface area contributed by atoms with Gasteiger partial charge in [0.1, 0.15) is 10.6 Å². The Morgan fingerprint density at radius 1 is 1.38 bits per heavy atom. The van der Waals surface area contributed by atoms with Gasteiger partial charge in [0.15, 0.2) is 0 Å². The van der Waals surface area contributed by atoms with E-state index in [0.29, 0.717) is 10.9 Å². The molecule has 1 aromatic carbocycles. The molecule has 1 atom stereocenters. The first-order valence-corrected chi connectivity index (χ1v) is 11.2. The predicted octanol–water partition coefficient (Wildman–Crippen LogP) is 0.219. The number of carbonyl (C=O) groups excluding carboxylic acids is 1. The minimum atomic E-state index is -3.99. The highest BCUT2D eigenvalue weighted by Gasteiger charge is 2.37. The molecule has 0 aromatic heterocycles. The number of methoxy groups -OCH3 is 1. The van der Waals surface area contributed by atoms with Crippen molar-refractivity contribution in [2.45, 2.75) is 30.3 Å². The molecule has 11 heteroatoms. The van der Waals surface area contributed by atoms with Gasteiger partial charge in [0, 0.05) is 19.6 Å². The van der Waals surface area contributed by atoms with Crippen molar-refractivity contribution in [2.24, 2.45) is 0 Å². The van der Waals surface area contributed by atoms with E-state index in [9.17, 15) is 21.6 Å². The summed E-state index contributed by atoms with van der Waals surface area (Å²) in [7, 11) is -6.46. The van der Waals surface area contributed by atoms with Crippen LogP contribution in [0.5, 0.6) is 5.75 Å². The average molecular weight is 404 g/mol. The van der Waals surface area contributed by atoms with Gasteiger partial charge in [-0.05, 0) is 31.0 Å². The Bertz CT molecular complexity index is 906. The smallest absolute Gasteiger partial charge is 0.244 e. The summed E-state index contributed by atoms with van der Waals surface area (Å²) in [4.78, 5) is 11.7. The number of amides is 1. The lowest BCUT2D eigenvalue weighted by molar-refractivity contribution is -0.116. The lowest BCUT2D eigenvalue weighted by atomic mass is 10.2. The van der Waals surface area contributed by atoms with Gasteiger partial charge >= 0.3 is 0 Å². The number of carbonyl (C=O) groups is 1. The Balaban J connectivity index is 1.93. The maximum atomic E-state index is 12.7. The molecule has 2 saturated heterocycles. The van der Waals surface area contributed by atoms with Crippen LogP contribution in [0.2, 0.25) is 0 Å². The van der Waals surface area contributed by atoms with Gasteiger partial charge in [-0.2, -0.15) is 0 Å². The molecule has 0 saturated carbocycles. The van der Waals surface area contributed by atoms with Crippen LogP contribution >= 0.6 is 0 Å². The summed E-state index contributed by atoms with van der Waals surface area (Å²) in [5, 5.41) is 0. The molecule has 2 fully saturated rings. The monoisotopic (exact) mass is 404 g/mol. The SMILES string of the molecule is COc1ccc(N2C(=O)CCS2(=O)=O)cc1S(=O)(=O)NC[C@@H]1CCCO1. The topological polar surface area (TPSA) is 119 Å². The zero-order valence-electron chi connectivity index (χ0n) is 14.2. The summed E-state index contributed by atoms with van der Waals surface area (Å²) >= 11 is 0. The van der Waals surface area contributed by atoms with Gasteiger partial charge in [-0.3, -0.25) is 4.79 Å². The maximum Gasteiger partial charge on any atom is 0.244 e. The molecular weight excluding hydrogens is 384 g/mol. The molecule has 0 spiro atoms. The molecule has 2 aliphatic rings. The van der Waals surface area contributed by atoms with Gasteiger partial charge in [-0.15, -0.1) is 0 Å². The number of nitrogens with zero attached hydrogens (tertiary/aromatic N) is 1. The van der Waals surface area contributed by atoms with E-state index in [2.05, 4.69) is 4.72 Å². The molecule has 1 aromatic rings. The molecule has 1 amide bonds. The number of ether oxygens (including phenoxy) is 2. The first-order valence-electron chi connectivity index (χ1n) is 8.10. The maximum absolute atomic E-state index is 12.7. The molecule has 0 unspecified atom stereocenters. The standard InChI is InChI=1S/C15H20N2O7S2/c1-23-13-5-4-11(17-15(18)6-8-25(17,19)20)9-14(13)26(21,22)16-10-12-3-2-7-24-12/h4-5,9,12,16H,2-3,6-8,10H2,1H3/t12-/m0/s1. The third kappa shape index (κ3) is 3.70. The van der Waals surface area contributed by atoms with Gasteiger partial charge in [0.05, 0.1) is 24.7 Å². The van der Waals surface area contributed by atoms with Crippen molar-refractivity contribution >= 4 is 31.6 Å². The average Bonchev–Trinajstić information content (AvgIpc) is 3.20. The molecule has 9 nitrogen and oxygen atoms in total. The molecule has 3 rings (SSSR count). The fourth-order valence-electron chi connectivity index (χ4n) is 2.96. The quantitative estimate of drug-likeness (QED) is 0.720. The minimum absolute atomic E-state index is 0.0224. The van der Waals surface area contributed by atoms with E-state index in [1.54, 1.807) is 0 Å². The third-order valence-electron chi connectivity index (χ3n) is 4.27. The van der Waals surface area contributed by atoms with Crippen molar-refractivity contribution in [3.05, 3.63) is 18.2 Å². The second kappa shape index (κ2) is 7.14. The van der Waals surface area contributed by atoms with Crippen molar-refractivity contribution < 1.29 is 31.1 Å². The van der Waals surface area contributed by atoms with Crippen molar-refractivity contribution in [1.82, 2.24) is 4.72 Å². The fraction of sp³-hybridized carbons (Fsp3) is 0.533. The van der Waals surface area contributed by atoms with Crippen molar-refractivity contribution in [3.63, 3.8) is 0 Å². The Morgan fingerprint density at radius 3 is 2.73 bits per heavy atom. The molecule has 144 valence electrons. The van der Waals surface area contributed by atoms with E-state index in [-0.39, 0.29) is 41.2 Å². The molecule has 26 heavy (non-hydrogen) atoms. The lowest BCUT2D eigenvalue weighted by Crippen LogP contribution is -2.33. The zero-order chi connectivity index (χ0) is 18.9. The molecule has 0 bridgehead atoms. The van der Waals surface area contributed by atoms with Crippen molar-refractivity contribution in [2.75, 3.05) is 30.3 Å². The predicted molar refractivity (Wildman–Crippen MR) is 93.0 cm³/mol. The second-order valence-electron chi connectivity index (χ2n) is 6.05. The van der Waals surface area contributed by atoms with E-state index >= 15 is 0 Å². The highest BCUT2D eigenvalue weighted by molar-refractivity contribution is 7.94. The minimum Gasteiger partial charge on any atom is -0.495 e. The highest BCUT2D eigenvalue weighted by Crippen LogP contribution is 2.32. The number of hydrogen-bond acceptors (Lipinski definition) is 7. The van der Waals surface area contributed by atoms with Crippen LogP contribution in [0.15, 0.2) is 23.1 Å². The Hall–Kier alpha value is -1.69. The van der Waals surface area contributed by atoms with Crippen LogP contribution in [0.25, 0.3) is 0 Å². The summed E-state index contributed by atoms with van der Waals surface area (Å²) in [5.74, 6) is -0.833. The number of hydrogen-bond donors (Lipinski definition) is 1. The Morgan fingerprint density at radius 2 is 2.15 bits per heavy atom. The van der Waals surface area contributed by atoms with E-state index in [1.807, 2.05) is 0 Å². The Kier molecular flexibility index (Phi) is 5.24. The second-order valence-corrected chi connectivity index (χ2v) is 9.72. The fourth-order valence-corrected chi connectivity index (χ4v) is 5.66. The summed E-state index contributed by atoms with van der Waals surface area (Å²) in [6.45, 7) is 0.705. The Labute approximate surface area is 152 Å². The van der Waals surface area contributed by atoms with Gasteiger partial charge < -0.3 is 9.47 Å². The molecule has 0 aliphatic carbocycles. The van der Waals surface area contributed by atoms with Crippen molar-refractivity contribution in [3.8, 4) is 5.75 Å². The van der Waals surface area contributed by atoms with Crippen LogP contribution in [0.3, 0.4) is 0 Å². The van der Waals surface area contributed by atoms with E-state index in [0.717, 1.165) is 18.9 Å². The van der Waals surface area contributed by atoms with Gasteiger partial charge in [-0.25, -0.2) is 25.9 Å². The van der Waals surface area contributed by atoms with Crippen LogP contribution in [0.4, 0.5) is 5.69 Å².